The molecule has 2 aliphatic heterocycles. The average Bonchev–Trinajstić information content (AvgIpc) is 2.30. The van der Waals surface area contributed by atoms with Crippen molar-refractivity contribution in [2.45, 2.75) is 18.7 Å². The van der Waals surface area contributed by atoms with Crippen molar-refractivity contribution < 1.29 is 9.53 Å². The van der Waals surface area contributed by atoms with Crippen molar-refractivity contribution in [1.82, 2.24) is 4.42 Å². The minimum atomic E-state index is -0.354. The first-order valence-corrected chi connectivity index (χ1v) is 5.68. The maximum atomic E-state index is 11.1. The molecule has 4 atom stereocenters. The molecular weight excluding hydrogens is 202 g/mol. The van der Waals surface area contributed by atoms with E-state index in [1.165, 1.54) is 6.92 Å². The van der Waals surface area contributed by atoms with Gasteiger partial charge in [0.1, 0.15) is 0 Å². The number of nitrogens with zero attached hydrogens (tertiary/aromatic N) is 1. The fourth-order valence-electron chi connectivity index (χ4n) is 5.60. The number of hydrogen-bond acceptors (Lipinski definition) is 3. The van der Waals surface area contributed by atoms with Gasteiger partial charge in [-0.15, -0.1) is 0 Å². The summed E-state index contributed by atoms with van der Waals surface area (Å²) in [5.74, 6) is 4.37. The number of rotatable bonds is 1. The van der Waals surface area contributed by atoms with Crippen LogP contribution in [0.5, 0.6) is 0 Å². The van der Waals surface area contributed by atoms with Crippen LogP contribution in [0.2, 0.25) is 0 Å². The van der Waals surface area contributed by atoms with Gasteiger partial charge < -0.3 is 4.74 Å². The second-order valence-electron chi connectivity index (χ2n) is 5.51. The lowest BCUT2D eigenvalue weighted by Gasteiger charge is -2.84. The minimum absolute atomic E-state index is 0.176. The monoisotopic (exact) mass is 211 g/mol. The van der Waals surface area contributed by atoms with E-state index in [1.54, 1.807) is 0 Å². The summed E-state index contributed by atoms with van der Waals surface area (Å²) in [6.07, 6.45) is 0. The Bertz CT molecular complexity index is 372. The number of carbonyl (C=O) groups excluding carboxylic acids is 1. The lowest BCUT2D eigenvalue weighted by atomic mass is 9.19. The van der Waals surface area contributed by atoms with Crippen molar-refractivity contribution >= 4 is 17.7 Å². The third kappa shape index (κ3) is 0.342. The molecule has 0 aromatic carbocycles. The van der Waals surface area contributed by atoms with Gasteiger partial charge in [0.05, 0.1) is 0 Å². The fourth-order valence-corrected chi connectivity index (χ4v) is 6.12. The molecule has 4 saturated carbocycles. The molecule has 2 heterocycles. The largest absolute Gasteiger partial charge is 0.442 e. The van der Waals surface area contributed by atoms with Gasteiger partial charge in [0.2, 0.25) is 0 Å². The lowest BCUT2D eigenvalue weighted by Crippen LogP contribution is -2.88. The van der Waals surface area contributed by atoms with Crippen LogP contribution >= 0.6 is 11.8 Å². The van der Waals surface area contributed by atoms with Crippen molar-refractivity contribution in [3.63, 3.8) is 0 Å². The zero-order chi connectivity index (χ0) is 9.40. The Balaban J connectivity index is 1.66. The van der Waals surface area contributed by atoms with Crippen LogP contribution in [-0.2, 0) is 9.53 Å². The van der Waals surface area contributed by atoms with Gasteiger partial charge in [-0.05, 0) is 35.4 Å². The summed E-state index contributed by atoms with van der Waals surface area (Å²) >= 11 is 6.30. The molecule has 6 fully saturated rings. The van der Waals surface area contributed by atoms with Crippen LogP contribution in [0.25, 0.3) is 0 Å². The van der Waals surface area contributed by atoms with Gasteiger partial charge in [0.25, 0.3) is 0 Å². The van der Waals surface area contributed by atoms with E-state index in [9.17, 15) is 4.79 Å². The standard InChI is InChI=1S/C10H10ClNO2/c1-2(13)14-10-7-4-3-5(7)9(12(10)11)6(3)8(4)10/h3-9H,1H3. The molecule has 14 heavy (non-hydrogen) atoms. The van der Waals surface area contributed by atoms with E-state index >= 15 is 0 Å². The molecule has 0 amide bonds. The number of carbonyl (C=O) groups is 1. The topological polar surface area (TPSA) is 29.5 Å². The third-order valence-electron chi connectivity index (χ3n) is 5.64. The van der Waals surface area contributed by atoms with Gasteiger partial charge >= 0.3 is 5.97 Å². The highest BCUT2D eigenvalue weighted by Gasteiger charge is 3.01. The second-order valence-corrected chi connectivity index (χ2v) is 5.87. The predicted octanol–water partition coefficient (Wildman–Crippen LogP) is 0.835. The number of hydrogen-bond donors (Lipinski definition) is 0. The zero-order valence-corrected chi connectivity index (χ0v) is 8.44. The van der Waals surface area contributed by atoms with E-state index in [-0.39, 0.29) is 11.7 Å². The van der Waals surface area contributed by atoms with E-state index in [0.29, 0.717) is 17.9 Å². The molecule has 4 unspecified atom stereocenters. The Labute approximate surface area is 86.4 Å². The van der Waals surface area contributed by atoms with Gasteiger partial charge in [-0.2, -0.15) is 4.42 Å². The summed E-state index contributed by atoms with van der Waals surface area (Å²) in [6, 6.07) is 0.543. The summed E-state index contributed by atoms with van der Waals surface area (Å²) in [7, 11) is 0. The van der Waals surface area contributed by atoms with Gasteiger partial charge in [-0.1, -0.05) is 0 Å². The van der Waals surface area contributed by atoms with E-state index in [4.69, 9.17) is 16.5 Å². The third-order valence-corrected chi connectivity index (χ3v) is 6.13. The van der Waals surface area contributed by atoms with Gasteiger partial charge in [-0.25, -0.2) is 0 Å². The van der Waals surface area contributed by atoms with Crippen LogP contribution in [0, 0.1) is 35.5 Å². The van der Waals surface area contributed by atoms with Crippen LogP contribution in [0.1, 0.15) is 6.92 Å². The first-order valence-electron chi connectivity index (χ1n) is 5.34. The Hall–Kier alpha value is -0.280. The molecular formula is C10H10ClNO2. The molecule has 0 N–H and O–H groups in total. The van der Waals surface area contributed by atoms with Crippen LogP contribution in [0.3, 0.4) is 0 Å². The van der Waals surface area contributed by atoms with Gasteiger partial charge in [-0.3, -0.25) is 4.79 Å². The Morgan fingerprint density at radius 1 is 1.29 bits per heavy atom. The Kier molecular flexibility index (Phi) is 0.776. The van der Waals surface area contributed by atoms with Gasteiger partial charge in [0, 0.05) is 24.8 Å². The molecule has 0 aromatic rings. The first-order chi connectivity index (χ1) is 6.69. The second kappa shape index (κ2) is 1.54. The number of esters is 1. The van der Waals surface area contributed by atoms with E-state index in [2.05, 4.69) is 0 Å². The molecule has 4 aliphatic carbocycles. The predicted molar refractivity (Wildman–Crippen MR) is 46.9 cm³/mol. The molecule has 2 bridgehead atoms. The van der Waals surface area contributed by atoms with Crippen molar-refractivity contribution in [3.05, 3.63) is 0 Å². The molecule has 6 aliphatic rings. The van der Waals surface area contributed by atoms with E-state index in [0.717, 1.165) is 23.7 Å². The summed E-state index contributed by atoms with van der Waals surface area (Å²) in [5, 5.41) is 0. The van der Waals surface area contributed by atoms with Crippen LogP contribution in [0.4, 0.5) is 0 Å². The minimum Gasteiger partial charge on any atom is -0.442 e. The molecule has 74 valence electrons. The lowest BCUT2D eigenvalue weighted by molar-refractivity contribution is -0.414. The van der Waals surface area contributed by atoms with Crippen molar-refractivity contribution in [3.8, 4) is 0 Å². The normalized spacial score (nSPS) is 74.0. The summed E-state index contributed by atoms with van der Waals surface area (Å²) in [4.78, 5) is 11.1. The highest BCUT2D eigenvalue weighted by Crippen LogP contribution is 2.94. The summed E-state index contributed by atoms with van der Waals surface area (Å²) in [5.41, 5.74) is -0.354. The zero-order valence-electron chi connectivity index (χ0n) is 7.68. The summed E-state index contributed by atoms with van der Waals surface area (Å²) in [6.45, 7) is 1.49. The van der Waals surface area contributed by atoms with Crippen LogP contribution < -0.4 is 0 Å². The Morgan fingerprint density at radius 3 is 2.43 bits per heavy atom. The molecule has 3 nitrogen and oxygen atoms in total. The highest BCUT2D eigenvalue weighted by atomic mass is 35.5. The highest BCUT2D eigenvalue weighted by molar-refractivity contribution is 6.15. The molecule has 0 spiro atoms. The first kappa shape index (κ1) is 7.07. The Morgan fingerprint density at radius 2 is 1.93 bits per heavy atom. The molecule has 0 radical (unpaired) electrons. The molecule has 4 heteroatoms. The van der Waals surface area contributed by atoms with E-state index in [1.807, 2.05) is 4.42 Å². The average molecular weight is 212 g/mol. The quantitative estimate of drug-likeness (QED) is 0.476. The van der Waals surface area contributed by atoms with Crippen molar-refractivity contribution in [1.29, 1.82) is 0 Å². The smallest absolute Gasteiger partial charge is 0.304 e. The van der Waals surface area contributed by atoms with Crippen molar-refractivity contribution in [2.24, 2.45) is 35.5 Å². The van der Waals surface area contributed by atoms with E-state index < -0.39 is 0 Å². The maximum absolute atomic E-state index is 11.1. The molecule has 0 aromatic heterocycles. The number of ether oxygens (including phenoxy) is 1. The van der Waals surface area contributed by atoms with Crippen molar-refractivity contribution in [2.75, 3.05) is 0 Å². The maximum Gasteiger partial charge on any atom is 0.304 e. The summed E-state index contributed by atoms with van der Waals surface area (Å²) < 4.78 is 7.40. The molecule has 2 saturated heterocycles. The SMILES string of the molecule is CC(=O)OC12C3C4C5C(C4N1Cl)C2C53. The van der Waals surface area contributed by atoms with Gasteiger partial charge in [0.15, 0.2) is 5.72 Å². The fraction of sp³-hybridized carbons (Fsp3) is 0.900. The number of halogens is 1. The van der Waals surface area contributed by atoms with Crippen LogP contribution in [0.15, 0.2) is 0 Å². The van der Waals surface area contributed by atoms with Crippen LogP contribution in [-0.4, -0.2) is 22.2 Å². The molecule has 6 rings (SSSR count).